The molecule has 0 bridgehead atoms. The Labute approximate surface area is 136 Å². The molecule has 128 valence electrons. The summed E-state index contributed by atoms with van der Waals surface area (Å²) in [5.41, 5.74) is 0.847. The number of nitrogens with zero attached hydrogens (tertiary/aromatic N) is 1. The number of halogens is 1. The molecule has 0 amide bonds. The fourth-order valence-electron chi connectivity index (χ4n) is 2.50. The maximum atomic E-state index is 13.0. The first-order valence-electron chi connectivity index (χ1n) is 7.39. The van der Waals surface area contributed by atoms with Gasteiger partial charge in [0.1, 0.15) is 5.82 Å². The van der Waals surface area contributed by atoms with Crippen molar-refractivity contribution in [2.45, 2.75) is 18.6 Å². The molecule has 1 aliphatic heterocycles. The van der Waals surface area contributed by atoms with E-state index in [2.05, 4.69) is 15.6 Å². The van der Waals surface area contributed by atoms with Gasteiger partial charge in [0.15, 0.2) is 15.8 Å². The first-order chi connectivity index (χ1) is 10.9. The number of hydrogen-bond donors (Lipinski definition) is 2. The minimum Gasteiger partial charge on any atom is -0.375 e. The van der Waals surface area contributed by atoms with Crippen LogP contribution in [0.4, 0.5) is 4.39 Å². The zero-order chi connectivity index (χ0) is 16.9. The summed E-state index contributed by atoms with van der Waals surface area (Å²) >= 11 is 0. The minimum atomic E-state index is -2.94. The highest BCUT2D eigenvalue weighted by Crippen LogP contribution is 2.16. The Morgan fingerprint density at radius 1 is 1.43 bits per heavy atom. The van der Waals surface area contributed by atoms with Crippen molar-refractivity contribution in [2.24, 2.45) is 4.99 Å². The van der Waals surface area contributed by atoms with Crippen LogP contribution in [-0.4, -0.2) is 52.6 Å². The van der Waals surface area contributed by atoms with Crippen LogP contribution < -0.4 is 10.6 Å². The molecule has 0 saturated carbocycles. The summed E-state index contributed by atoms with van der Waals surface area (Å²) in [6, 6.07) is 5.99. The molecule has 2 N–H and O–H groups in total. The third-order valence-corrected chi connectivity index (χ3v) is 5.55. The lowest BCUT2D eigenvalue weighted by atomic mass is 10.1. The number of nitrogens with one attached hydrogen (secondary N) is 2. The number of sulfone groups is 1. The van der Waals surface area contributed by atoms with Crippen molar-refractivity contribution in [3.8, 4) is 0 Å². The quantitative estimate of drug-likeness (QED) is 0.612. The van der Waals surface area contributed by atoms with Gasteiger partial charge in [-0.05, 0) is 24.1 Å². The van der Waals surface area contributed by atoms with E-state index >= 15 is 0 Å². The van der Waals surface area contributed by atoms with Gasteiger partial charge in [0.2, 0.25) is 0 Å². The molecule has 1 fully saturated rings. The Bertz CT molecular complexity index is 646. The molecule has 23 heavy (non-hydrogen) atoms. The van der Waals surface area contributed by atoms with Gasteiger partial charge in [-0.1, -0.05) is 12.1 Å². The van der Waals surface area contributed by atoms with E-state index in [1.165, 1.54) is 12.1 Å². The van der Waals surface area contributed by atoms with E-state index in [-0.39, 0.29) is 29.5 Å². The molecule has 6 nitrogen and oxygen atoms in total. The van der Waals surface area contributed by atoms with Crippen molar-refractivity contribution in [1.82, 2.24) is 10.6 Å². The Morgan fingerprint density at radius 3 is 2.65 bits per heavy atom. The summed E-state index contributed by atoms with van der Waals surface area (Å²) in [6.07, 6.45) is 0.316. The van der Waals surface area contributed by atoms with E-state index in [9.17, 15) is 12.8 Å². The van der Waals surface area contributed by atoms with Gasteiger partial charge in [-0.3, -0.25) is 4.99 Å². The van der Waals surface area contributed by atoms with Gasteiger partial charge in [-0.2, -0.15) is 0 Å². The van der Waals surface area contributed by atoms with Gasteiger partial charge in [0.25, 0.3) is 0 Å². The summed E-state index contributed by atoms with van der Waals surface area (Å²) in [5.74, 6) is 0.560. The lowest BCUT2D eigenvalue weighted by Gasteiger charge is -2.20. The molecular weight excluding hydrogens is 321 g/mol. The second-order valence-electron chi connectivity index (χ2n) is 5.47. The number of hydrogen-bond acceptors (Lipinski definition) is 4. The molecule has 1 saturated heterocycles. The molecule has 1 aliphatic rings. The van der Waals surface area contributed by atoms with Crippen LogP contribution in [-0.2, 0) is 14.6 Å². The molecule has 2 rings (SSSR count). The van der Waals surface area contributed by atoms with Crippen molar-refractivity contribution in [2.75, 3.05) is 32.2 Å². The fraction of sp³-hybridized carbons (Fsp3) is 0.533. The van der Waals surface area contributed by atoms with Crippen LogP contribution in [0.5, 0.6) is 0 Å². The van der Waals surface area contributed by atoms with Crippen LogP contribution in [0.25, 0.3) is 0 Å². The number of benzene rings is 1. The van der Waals surface area contributed by atoms with Crippen LogP contribution in [0, 0.1) is 5.82 Å². The van der Waals surface area contributed by atoms with Crippen LogP contribution in [0.3, 0.4) is 0 Å². The number of aliphatic imine (C=N–C) groups is 1. The smallest absolute Gasteiger partial charge is 0.191 e. The van der Waals surface area contributed by atoms with Gasteiger partial charge < -0.3 is 15.4 Å². The number of guanidine groups is 1. The first-order valence-corrected chi connectivity index (χ1v) is 9.21. The number of methoxy groups -OCH3 is 1. The van der Waals surface area contributed by atoms with E-state index in [4.69, 9.17) is 4.74 Å². The number of ether oxygens (including phenoxy) is 1. The summed E-state index contributed by atoms with van der Waals surface area (Å²) in [7, 11) is 0.265. The molecule has 2 atom stereocenters. The van der Waals surface area contributed by atoms with Gasteiger partial charge in [-0.15, -0.1) is 0 Å². The SMILES string of the molecule is CN=C(NCC(OC)c1ccc(F)cc1)NC1CCS(=O)(=O)C1. The summed E-state index contributed by atoms with van der Waals surface area (Å²) in [6.45, 7) is 0.432. The lowest BCUT2D eigenvalue weighted by molar-refractivity contribution is 0.106. The topological polar surface area (TPSA) is 79.8 Å². The molecule has 1 heterocycles. The Hall–Kier alpha value is -1.67. The van der Waals surface area contributed by atoms with Crippen molar-refractivity contribution in [3.63, 3.8) is 0 Å². The summed E-state index contributed by atoms with van der Waals surface area (Å²) in [4.78, 5) is 4.10. The van der Waals surface area contributed by atoms with Gasteiger partial charge in [-0.25, -0.2) is 12.8 Å². The second-order valence-corrected chi connectivity index (χ2v) is 7.70. The molecule has 1 aromatic rings. The fourth-order valence-corrected chi connectivity index (χ4v) is 4.17. The van der Waals surface area contributed by atoms with E-state index in [0.717, 1.165) is 5.56 Å². The van der Waals surface area contributed by atoms with Crippen LogP contribution in [0.2, 0.25) is 0 Å². The molecule has 0 spiro atoms. The van der Waals surface area contributed by atoms with Crippen LogP contribution in [0.15, 0.2) is 29.3 Å². The lowest BCUT2D eigenvalue weighted by Crippen LogP contribution is -2.45. The molecule has 2 unspecified atom stereocenters. The largest absolute Gasteiger partial charge is 0.375 e. The maximum Gasteiger partial charge on any atom is 0.191 e. The van der Waals surface area contributed by atoms with Crippen molar-refractivity contribution in [3.05, 3.63) is 35.6 Å². The molecule has 0 aliphatic carbocycles. The minimum absolute atomic E-state index is 0.124. The highest BCUT2D eigenvalue weighted by molar-refractivity contribution is 7.91. The van der Waals surface area contributed by atoms with Crippen LogP contribution >= 0.6 is 0 Å². The van der Waals surface area contributed by atoms with Gasteiger partial charge in [0, 0.05) is 26.7 Å². The van der Waals surface area contributed by atoms with Crippen LogP contribution in [0.1, 0.15) is 18.1 Å². The zero-order valence-electron chi connectivity index (χ0n) is 13.3. The van der Waals surface area contributed by atoms with Crippen molar-refractivity contribution >= 4 is 15.8 Å². The van der Waals surface area contributed by atoms with Crippen molar-refractivity contribution < 1.29 is 17.5 Å². The molecule has 8 heteroatoms. The third kappa shape index (κ3) is 5.18. The molecule has 1 aromatic carbocycles. The highest BCUT2D eigenvalue weighted by atomic mass is 32.2. The normalized spacial score (nSPS) is 21.9. The summed E-state index contributed by atoms with van der Waals surface area (Å²) in [5, 5.41) is 6.22. The monoisotopic (exact) mass is 343 g/mol. The standard InChI is InChI=1S/C15H22FN3O3S/c1-17-15(19-13-7-8-23(20,21)10-13)18-9-14(22-2)11-3-5-12(16)6-4-11/h3-6,13-14H,7-10H2,1-2H3,(H2,17,18,19). The molecular formula is C15H22FN3O3S. The van der Waals surface area contributed by atoms with Gasteiger partial charge in [0.05, 0.1) is 17.6 Å². The Kier molecular flexibility index (Phi) is 5.95. The average molecular weight is 343 g/mol. The van der Waals surface area contributed by atoms with Crippen molar-refractivity contribution in [1.29, 1.82) is 0 Å². The van der Waals surface area contributed by atoms with E-state index in [1.807, 2.05) is 0 Å². The zero-order valence-corrected chi connectivity index (χ0v) is 14.1. The predicted molar refractivity (Wildman–Crippen MR) is 87.7 cm³/mol. The van der Waals surface area contributed by atoms with Gasteiger partial charge >= 0.3 is 0 Å². The summed E-state index contributed by atoms with van der Waals surface area (Å²) < 4.78 is 41.4. The Balaban J connectivity index is 1.90. The molecule has 0 aromatic heterocycles. The van der Waals surface area contributed by atoms with E-state index < -0.39 is 9.84 Å². The third-order valence-electron chi connectivity index (χ3n) is 3.78. The predicted octanol–water partition coefficient (Wildman–Crippen LogP) is 0.865. The highest BCUT2D eigenvalue weighted by Gasteiger charge is 2.28. The van der Waals surface area contributed by atoms with E-state index in [1.54, 1.807) is 26.3 Å². The first kappa shape index (κ1) is 17.7. The second kappa shape index (κ2) is 7.74. The maximum absolute atomic E-state index is 13.0. The van der Waals surface area contributed by atoms with E-state index in [0.29, 0.717) is 18.9 Å². The Morgan fingerprint density at radius 2 is 2.13 bits per heavy atom. The average Bonchev–Trinajstić information content (AvgIpc) is 2.87. The molecule has 0 radical (unpaired) electrons. The number of rotatable bonds is 5.